The molecule has 0 saturated heterocycles. The summed E-state index contributed by atoms with van der Waals surface area (Å²) >= 11 is 3.54. The van der Waals surface area contributed by atoms with E-state index < -0.39 is 11.9 Å². The fraction of sp³-hybridized carbons (Fsp3) is 0.464. The summed E-state index contributed by atoms with van der Waals surface area (Å²) in [5.41, 5.74) is 4.19. The average Bonchev–Trinajstić information content (AvgIpc) is 2.84. The number of benzene rings is 2. The molecule has 202 valence electrons. The zero-order chi connectivity index (χ0) is 27.2. The molecule has 2 amide bonds. The molecule has 0 saturated carbocycles. The maximum atomic E-state index is 12.8. The number of nitrogens with one attached hydrogen (secondary N) is 2. The van der Waals surface area contributed by atoms with E-state index in [1.165, 1.54) is 6.21 Å². The molecule has 0 unspecified atom stereocenters. The molecule has 1 atom stereocenters. The third-order valence-electron chi connectivity index (χ3n) is 5.28. The van der Waals surface area contributed by atoms with E-state index in [1.54, 1.807) is 6.07 Å². The van der Waals surface area contributed by atoms with E-state index in [9.17, 15) is 9.59 Å². The topological polar surface area (TPSA) is 98.2 Å². The van der Waals surface area contributed by atoms with Crippen molar-refractivity contribution in [1.82, 2.24) is 10.7 Å². The van der Waals surface area contributed by atoms with Gasteiger partial charge in [-0.3, -0.25) is 9.59 Å². The fourth-order valence-corrected chi connectivity index (χ4v) is 4.01. The SMILES string of the molecule is CCCCOc1c(Br)cc(/C=N\NC(=O)[C@@H](CC(C)C)NC(=O)COc2ccccc2C)cc1OCC. The Bertz CT molecular complexity index is 1060. The molecular formula is C28H38BrN3O5. The number of carbonyl (C=O) groups excluding carboxylic acids is 2. The van der Waals surface area contributed by atoms with Gasteiger partial charge >= 0.3 is 0 Å². The van der Waals surface area contributed by atoms with Crippen molar-refractivity contribution >= 4 is 34.0 Å². The maximum absolute atomic E-state index is 12.8. The van der Waals surface area contributed by atoms with E-state index in [0.717, 1.165) is 28.4 Å². The van der Waals surface area contributed by atoms with E-state index in [4.69, 9.17) is 14.2 Å². The summed E-state index contributed by atoms with van der Waals surface area (Å²) in [6.07, 6.45) is 3.96. The Hall–Kier alpha value is -3.07. The molecule has 0 aliphatic rings. The van der Waals surface area contributed by atoms with Crippen molar-refractivity contribution in [1.29, 1.82) is 0 Å². The number of carbonyl (C=O) groups is 2. The lowest BCUT2D eigenvalue weighted by molar-refractivity contribution is -0.130. The summed E-state index contributed by atoms with van der Waals surface area (Å²) in [4.78, 5) is 25.3. The lowest BCUT2D eigenvalue weighted by Crippen LogP contribution is -2.47. The second kappa shape index (κ2) is 15.9. The number of aryl methyl sites for hydroxylation is 1. The summed E-state index contributed by atoms with van der Waals surface area (Å²) in [7, 11) is 0. The van der Waals surface area contributed by atoms with Crippen molar-refractivity contribution in [3.8, 4) is 17.2 Å². The van der Waals surface area contributed by atoms with Crippen LogP contribution < -0.4 is 25.0 Å². The molecule has 2 N–H and O–H groups in total. The van der Waals surface area contributed by atoms with Gasteiger partial charge in [-0.15, -0.1) is 0 Å². The molecule has 2 rings (SSSR count). The third kappa shape index (κ3) is 10.4. The first-order valence-electron chi connectivity index (χ1n) is 12.6. The van der Waals surface area contributed by atoms with Crippen LogP contribution in [-0.4, -0.2) is 43.9 Å². The second-order valence-electron chi connectivity index (χ2n) is 9.00. The molecule has 0 heterocycles. The van der Waals surface area contributed by atoms with Crippen LogP contribution in [0.25, 0.3) is 0 Å². The van der Waals surface area contributed by atoms with Crippen molar-refractivity contribution in [3.63, 3.8) is 0 Å². The quantitative estimate of drug-likeness (QED) is 0.168. The van der Waals surface area contributed by atoms with Gasteiger partial charge in [0.25, 0.3) is 11.8 Å². The minimum absolute atomic E-state index is 0.183. The van der Waals surface area contributed by atoms with Gasteiger partial charge in [-0.2, -0.15) is 5.10 Å². The summed E-state index contributed by atoms with van der Waals surface area (Å²) in [6, 6.07) is 10.4. The minimum atomic E-state index is -0.745. The van der Waals surface area contributed by atoms with E-state index in [-0.39, 0.29) is 18.4 Å². The molecule has 0 spiro atoms. The summed E-state index contributed by atoms with van der Waals surface area (Å²) < 4.78 is 18.0. The standard InChI is InChI=1S/C28H38BrN3O5/c1-6-8-13-36-27-22(29)15-21(16-25(27)35-7-2)17-30-32-28(34)23(14-19(3)4)31-26(33)18-37-24-12-10-9-11-20(24)5/h9-12,15-17,19,23H,6-8,13-14,18H2,1-5H3,(H,31,33)(H,32,34)/b30-17-/t23-/m1/s1. The fourth-order valence-electron chi connectivity index (χ4n) is 3.43. The van der Waals surface area contributed by atoms with Gasteiger partial charge in [0.15, 0.2) is 18.1 Å². The number of nitrogens with zero attached hydrogens (tertiary/aromatic N) is 1. The zero-order valence-electron chi connectivity index (χ0n) is 22.3. The van der Waals surface area contributed by atoms with Gasteiger partial charge in [-0.05, 0) is 77.9 Å². The number of halogens is 1. The minimum Gasteiger partial charge on any atom is -0.490 e. The van der Waals surface area contributed by atoms with Crippen molar-refractivity contribution in [3.05, 3.63) is 52.0 Å². The molecule has 8 nitrogen and oxygen atoms in total. The normalized spacial score (nSPS) is 11.9. The van der Waals surface area contributed by atoms with Gasteiger partial charge in [0.2, 0.25) is 0 Å². The highest BCUT2D eigenvalue weighted by molar-refractivity contribution is 9.10. The number of unbranched alkanes of at least 4 members (excludes halogenated alkanes) is 1. The highest BCUT2D eigenvalue weighted by Gasteiger charge is 2.22. The molecule has 9 heteroatoms. The van der Waals surface area contributed by atoms with Crippen LogP contribution in [0.2, 0.25) is 0 Å². The van der Waals surface area contributed by atoms with Crippen molar-refractivity contribution in [2.45, 2.75) is 59.9 Å². The van der Waals surface area contributed by atoms with Crippen LogP contribution in [0, 0.1) is 12.8 Å². The Morgan fingerprint density at radius 1 is 1.08 bits per heavy atom. The molecule has 0 aliphatic carbocycles. The van der Waals surface area contributed by atoms with Gasteiger partial charge in [0.1, 0.15) is 11.8 Å². The number of ether oxygens (including phenoxy) is 3. The van der Waals surface area contributed by atoms with Gasteiger partial charge in [0, 0.05) is 0 Å². The monoisotopic (exact) mass is 575 g/mol. The Morgan fingerprint density at radius 3 is 2.51 bits per heavy atom. The van der Waals surface area contributed by atoms with Crippen LogP contribution >= 0.6 is 15.9 Å². The number of hydrazone groups is 1. The molecule has 0 bridgehead atoms. The number of amides is 2. The molecular weight excluding hydrogens is 538 g/mol. The Labute approximate surface area is 228 Å². The second-order valence-corrected chi connectivity index (χ2v) is 9.86. The van der Waals surface area contributed by atoms with E-state index in [2.05, 4.69) is 38.7 Å². The molecule has 0 aliphatic heterocycles. The smallest absolute Gasteiger partial charge is 0.262 e. The first kappa shape index (κ1) is 30.2. The molecule has 37 heavy (non-hydrogen) atoms. The lowest BCUT2D eigenvalue weighted by atomic mass is 10.0. The highest BCUT2D eigenvalue weighted by Crippen LogP contribution is 2.36. The van der Waals surface area contributed by atoms with Crippen molar-refractivity contribution in [2.24, 2.45) is 11.0 Å². The van der Waals surface area contributed by atoms with Gasteiger partial charge in [0.05, 0.1) is 23.9 Å². The predicted octanol–water partition coefficient (Wildman–Crippen LogP) is 5.40. The molecule has 2 aromatic carbocycles. The Kier molecular flexibility index (Phi) is 13.0. The number of rotatable bonds is 15. The first-order valence-corrected chi connectivity index (χ1v) is 13.4. The van der Waals surface area contributed by atoms with Crippen molar-refractivity contribution < 1.29 is 23.8 Å². The van der Waals surface area contributed by atoms with Crippen LogP contribution in [-0.2, 0) is 9.59 Å². The largest absolute Gasteiger partial charge is 0.490 e. The molecule has 2 aromatic rings. The summed E-state index contributed by atoms with van der Waals surface area (Å²) in [6.45, 7) is 10.8. The number of para-hydroxylation sites is 1. The van der Waals surface area contributed by atoms with Gasteiger partial charge < -0.3 is 19.5 Å². The maximum Gasteiger partial charge on any atom is 0.262 e. The lowest BCUT2D eigenvalue weighted by Gasteiger charge is -2.19. The van der Waals surface area contributed by atoms with Crippen LogP contribution in [0.3, 0.4) is 0 Å². The van der Waals surface area contributed by atoms with Gasteiger partial charge in [-0.1, -0.05) is 45.4 Å². The van der Waals surface area contributed by atoms with Gasteiger partial charge in [-0.25, -0.2) is 5.43 Å². The predicted molar refractivity (Wildman–Crippen MR) is 150 cm³/mol. The van der Waals surface area contributed by atoms with Crippen LogP contribution in [0.15, 0.2) is 46.0 Å². The van der Waals surface area contributed by atoms with Crippen molar-refractivity contribution in [2.75, 3.05) is 19.8 Å². The van der Waals surface area contributed by atoms with Crippen LogP contribution in [0.4, 0.5) is 0 Å². The Balaban J connectivity index is 2.02. The average molecular weight is 577 g/mol. The third-order valence-corrected chi connectivity index (χ3v) is 5.86. The highest BCUT2D eigenvalue weighted by atomic mass is 79.9. The molecule has 0 aromatic heterocycles. The number of hydrogen-bond donors (Lipinski definition) is 2. The molecule has 0 fully saturated rings. The number of hydrogen-bond acceptors (Lipinski definition) is 6. The first-order chi connectivity index (χ1) is 17.7. The summed E-state index contributed by atoms with van der Waals surface area (Å²) in [5.74, 6) is 1.27. The van der Waals surface area contributed by atoms with E-state index in [1.807, 2.05) is 58.0 Å². The van der Waals surface area contributed by atoms with Crippen LogP contribution in [0.1, 0.15) is 58.1 Å². The van der Waals surface area contributed by atoms with E-state index in [0.29, 0.717) is 36.9 Å². The van der Waals surface area contributed by atoms with Crippen LogP contribution in [0.5, 0.6) is 17.2 Å². The molecule has 0 radical (unpaired) electrons. The summed E-state index contributed by atoms with van der Waals surface area (Å²) in [5, 5.41) is 6.86. The Morgan fingerprint density at radius 2 is 1.84 bits per heavy atom. The zero-order valence-corrected chi connectivity index (χ0v) is 23.9. The van der Waals surface area contributed by atoms with E-state index >= 15 is 0 Å².